The molecule has 0 radical (unpaired) electrons. The lowest BCUT2D eigenvalue weighted by Gasteiger charge is -2.19. The van der Waals surface area contributed by atoms with Gasteiger partial charge < -0.3 is 19.3 Å². The Labute approximate surface area is 174 Å². The van der Waals surface area contributed by atoms with Crippen molar-refractivity contribution < 1.29 is 19.2 Å². The van der Waals surface area contributed by atoms with E-state index in [1.165, 1.54) is 16.0 Å². The number of nitrogens with one attached hydrogen (secondary N) is 1. The van der Waals surface area contributed by atoms with Crippen LogP contribution in [0.4, 0.5) is 0 Å². The minimum atomic E-state index is 0.293. The smallest absolute Gasteiger partial charge is 0.223 e. The summed E-state index contributed by atoms with van der Waals surface area (Å²) >= 11 is 0. The number of methoxy groups -OCH3 is 2. The number of quaternary nitrogens is 1. The molecule has 1 fully saturated rings. The molecule has 2 aromatic carbocycles. The number of hydrogen-bond donors (Lipinski definition) is 1. The molecule has 2 aromatic rings. The maximum atomic E-state index is 12.4. The molecule has 1 heterocycles. The van der Waals surface area contributed by atoms with Crippen molar-refractivity contribution in [2.45, 2.75) is 25.2 Å². The van der Waals surface area contributed by atoms with Crippen molar-refractivity contribution in [3.8, 4) is 11.5 Å². The summed E-state index contributed by atoms with van der Waals surface area (Å²) in [4.78, 5) is 15.9. The fourth-order valence-electron chi connectivity index (χ4n) is 4.03. The summed E-state index contributed by atoms with van der Waals surface area (Å²) in [5, 5.41) is 0. The van der Waals surface area contributed by atoms with E-state index in [4.69, 9.17) is 9.47 Å². The number of carbonyl (C=O) groups excluding carboxylic acids is 1. The van der Waals surface area contributed by atoms with Crippen molar-refractivity contribution in [3.05, 3.63) is 59.7 Å². The molecule has 156 valence electrons. The van der Waals surface area contributed by atoms with Crippen LogP contribution in [0.15, 0.2) is 48.5 Å². The number of likely N-dealkylation sites (N-methyl/N-ethyl adjacent to an activating group) is 1. The fraction of sp³-hybridized carbons (Fsp3) is 0.458. The van der Waals surface area contributed by atoms with Gasteiger partial charge in [-0.25, -0.2) is 0 Å². The highest BCUT2D eigenvalue weighted by atomic mass is 16.5. The van der Waals surface area contributed by atoms with Gasteiger partial charge in [-0.2, -0.15) is 0 Å². The van der Waals surface area contributed by atoms with E-state index < -0.39 is 0 Å². The summed E-state index contributed by atoms with van der Waals surface area (Å²) < 4.78 is 10.7. The van der Waals surface area contributed by atoms with Gasteiger partial charge in [0.1, 0.15) is 0 Å². The fourth-order valence-corrected chi connectivity index (χ4v) is 4.03. The molecule has 0 saturated carbocycles. The Kier molecular flexibility index (Phi) is 7.53. The predicted molar refractivity (Wildman–Crippen MR) is 115 cm³/mol. The van der Waals surface area contributed by atoms with Crippen molar-refractivity contribution in [2.24, 2.45) is 0 Å². The van der Waals surface area contributed by atoms with Crippen molar-refractivity contribution in [1.29, 1.82) is 0 Å². The Morgan fingerprint density at radius 2 is 1.79 bits per heavy atom. The Morgan fingerprint density at radius 1 is 1.03 bits per heavy atom. The Bertz CT molecular complexity index is 794. The topological polar surface area (TPSA) is 43.2 Å². The molecule has 0 aliphatic carbocycles. The summed E-state index contributed by atoms with van der Waals surface area (Å²) in [5.41, 5.74) is 2.53. The van der Waals surface area contributed by atoms with Gasteiger partial charge in [-0.05, 0) is 23.3 Å². The van der Waals surface area contributed by atoms with Gasteiger partial charge in [0.25, 0.3) is 0 Å². The zero-order valence-electron chi connectivity index (χ0n) is 17.8. The van der Waals surface area contributed by atoms with Gasteiger partial charge in [-0.15, -0.1) is 0 Å². The first-order chi connectivity index (χ1) is 14.1. The van der Waals surface area contributed by atoms with Gasteiger partial charge in [-0.1, -0.05) is 36.4 Å². The molecule has 1 saturated heterocycles. The number of amides is 1. The quantitative estimate of drug-likeness (QED) is 0.668. The lowest BCUT2D eigenvalue weighted by molar-refractivity contribution is -0.879. The van der Waals surface area contributed by atoms with Crippen LogP contribution in [0.2, 0.25) is 0 Å². The van der Waals surface area contributed by atoms with E-state index in [1.807, 2.05) is 17.0 Å². The van der Waals surface area contributed by atoms with Gasteiger partial charge >= 0.3 is 0 Å². The van der Waals surface area contributed by atoms with Gasteiger partial charge in [-0.3, -0.25) is 4.79 Å². The standard InChI is InChI=1S/C24H32N2O3/c1-25(15-12-19-10-11-22(28-2)23(16-19)29-3)13-7-14-26-18-21(17-24(26)27)20-8-5-4-6-9-20/h4-6,8-11,16,21H,7,12-15,17-18H2,1-3H3/p+1/t21-/m0/s1. The summed E-state index contributed by atoms with van der Waals surface area (Å²) in [6.07, 6.45) is 2.67. The van der Waals surface area contributed by atoms with E-state index in [0.29, 0.717) is 18.2 Å². The van der Waals surface area contributed by atoms with Gasteiger partial charge in [0.15, 0.2) is 11.5 Å². The monoisotopic (exact) mass is 397 g/mol. The first-order valence-corrected chi connectivity index (χ1v) is 10.5. The second-order valence-electron chi connectivity index (χ2n) is 7.90. The van der Waals surface area contributed by atoms with Gasteiger partial charge in [0.05, 0.1) is 34.4 Å². The molecular weight excluding hydrogens is 364 g/mol. The Balaban J connectivity index is 1.40. The maximum absolute atomic E-state index is 12.4. The number of likely N-dealkylation sites (tertiary alicyclic amines) is 1. The minimum absolute atomic E-state index is 0.293. The largest absolute Gasteiger partial charge is 0.493 e. The van der Waals surface area contributed by atoms with Crippen LogP contribution in [0, 0.1) is 0 Å². The third-order valence-electron chi connectivity index (χ3n) is 5.81. The number of nitrogens with zero attached hydrogens (tertiary/aromatic N) is 1. The van der Waals surface area contributed by atoms with Crippen LogP contribution in [-0.4, -0.2) is 58.3 Å². The second-order valence-corrected chi connectivity index (χ2v) is 7.90. The summed E-state index contributed by atoms with van der Waals surface area (Å²) in [6, 6.07) is 16.5. The van der Waals surface area contributed by atoms with E-state index in [1.54, 1.807) is 14.2 Å². The number of benzene rings is 2. The van der Waals surface area contributed by atoms with Crippen molar-refractivity contribution in [2.75, 3.05) is 47.4 Å². The maximum Gasteiger partial charge on any atom is 0.223 e. The van der Waals surface area contributed by atoms with Crippen LogP contribution in [0.1, 0.15) is 29.9 Å². The highest BCUT2D eigenvalue weighted by molar-refractivity contribution is 5.79. The highest BCUT2D eigenvalue weighted by Crippen LogP contribution is 2.28. The molecule has 5 heteroatoms. The number of rotatable bonds is 10. The zero-order chi connectivity index (χ0) is 20.6. The van der Waals surface area contributed by atoms with Gasteiger partial charge in [0, 0.05) is 38.3 Å². The highest BCUT2D eigenvalue weighted by Gasteiger charge is 2.30. The molecule has 1 unspecified atom stereocenters. The molecule has 1 amide bonds. The lowest BCUT2D eigenvalue weighted by atomic mass is 9.99. The summed E-state index contributed by atoms with van der Waals surface area (Å²) in [7, 11) is 5.54. The summed E-state index contributed by atoms with van der Waals surface area (Å²) in [6.45, 7) is 3.83. The SMILES string of the molecule is COc1ccc(CC[NH+](C)CCCN2C[C@@H](c3ccccc3)CC2=O)cc1OC. The van der Waals surface area contributed by atoms with Crippen LogP contribution in [0.5, 0.6) is 11.5 Å². The zero-order valence-corrected chi connectivity index (χ0v) is 17.8. The van der Waals surface area contributed by atoms with Crippen LogP contribution in [0.25, 0.3) is 0 Å². The van der Waals surface area contributed by atoms with E-state index in [2.05, 4.69) is 43.4 Å². The molecule has 1 aliphatic heterocycles. The first kappa shape index (κ1) is 21.2. The van der Waals surface area contributed by atoms with E-state index in [0.717, 1.165) is 50.5 Å². The Hall–Kier alpha value is -2.53. The van der Waals surface area contributed by atoms with Crippen molar-refractivity contribution in [1.82, 2.24) is 4.90 Å². The summed E-state index contributed by atoms with van der Waals surface area (Å²) in [5.74, 6) is 2.19. The van der Waals surface area contributed by atoms with Crippen LogP contribution < -0.4 is 14.4 Å². The van der Waals surface area contributed by atoms with Crippen LogP contribution in [0.3, 0.4) is 0 Å². The lowest BCUT2D eigenvalue weighted by Crippen LogP contribution is -3.09. The average molecular weight is 398 g/mol. The molecule has 3 rings (SSSR count). The molecule has 0 bridgehead atoms. The van der Waals surface area contributed by atoms with Crippen LogP contribution in [-0.2, 0) is 11.2 Å². The Morgan fingerprint density at radius 3 is 2.52 bits per heavy atom. The minimum Gasteiger partial charge on any atom is -0.493 e. The number of carbonyl (C=O) groups is 1. The van der Waals surface area contributed by atoms with E-state index >= 15 is 0 Å². The predicted octanol–water partition coefficient (Wildman–Crippen LogP) is 2.17. The first-order valence-electron chi connectivity index (χ1n) is 10.5. The van der Waals surface area contributed by atoms with E-state index in [9.17, 15) is 4.79 Å². The molecular formula is C24H33N2O3+. The molecule has 5 nitrogen and oxygen atoms in total. The molecule has 2 atom stereocenters. The van der Waals surface area contributed by atoms with Gasteiger partial charge in [0.2, 0.25) is 5.91 Å². The molecule has 0 spiro atoms. The molecule has 1 N–H and O–H groups in total. The van der Waals surface area contributed by atoms with E-state index in [-0.39, 0.29) is 0 Å². The van der Waals surface area contributed by atoms with Crippen molar-refractivity contribution >= 4 is 5.91 Å². The second kappa shape index (κ2) is 10.3. The molecule has 29 heavy (non-hydrogen) atoms. The van der Waals surface area contributed by atoms with Crippen molar-refractivity contribution in [3.63, 3.8) is 0 Å². The average Bonchev–Trinajstić information content (AvgIpc) is 3.13. The third kappa shape index (κ3) is 5.73. The molecule has 0 aromatic heterocycles. The normalized spacial score (nSPS) is 17.4. The van der Waals surface area contributed by atoms with Crippen LogP contribution >= 0.6 is 0 Å². The number of hydrogen-bond acceptors (Lipinski definition) is 3. The third-order valence-corrected chi connectivity index (χ3v) is 5.81. The number of ether oxygens (including phenoxy) is 2. The molecule has 1 aliphatic rings.